The average molecular weight is 187 g/mol. The summed E-state index contributed by atoms with van der Waals surface area (Å²) in [7, 11) is 0. The van der Waals surface area contributed by atoms with E-state index >= 15 is 0 Å². The van der Waals surface area contributed by atoms with Crippen LogP contribution in [-0.4, -0.2) is 29.9 Å². The van der Waals surface area contributed by atoms with Gasteiger partial charge in [-0.3, -0.25) is 10.4 Å². The minimum absolute atomic E-state index is 0.144. The molecule has 1 aromatic heterocycles. The fourth-order valence-corrected chi connectivity index (χ4v) is 0.968. The van der Waals surface area contributed by atoms with Gasteiger partial charge in [0.15, 0.2) is 6.17 Å². The van der Waals surface area contributed by atoms with Crippen molar-refractivity contribution in [2.75, 3.05) is 0 Å². The minimum atomic E-state index is -0.144. The highest BCUT2D eigenvalue weighted by Gasteiger charge is 2.01. The van der Waals surface area contributed by atoms with Crippen molar-refractivity contribution in [1.29, 1.82) is 0 Å². The standard InChI is InChI=1S/C9H9N5/c1-2-4-11-8(3-1)5-13-14-9-6-10-7-12-9/h1-7,9,14H/b13-5-/t9-/m1/s1. The lowest BCUT2D eigenvalue weighted by Crippen LogP contribution is -2.21. The van der Waals surface area contributed by atoms with Crippen molar-refractivity contribution < 1.29 is 0 Å². The van der Waals surface area contributed by atoms with Crippen LogP contribution < -0.4 is 5.43 Å². The summed E-state index contributed by atoms with van der Waals surface area (Å²) >= 11 is 0. The predicted molar refractivity (Wildman–Crippen MR) is 55.7 cm³/mol. The second-order valence-corrected chi connectivity index (χ2v) is 2.65. The fraction of sp³-hybridized carbons (Fsp3) is 0.111. The molecule has 0 spiro atoms. The van der Waals surface area contributed by atoms with Gasteiger partial charge >= 0.3 is 0 Å². The molecule has 1 aliphatic rings. The van der Waals surface area contributed by atoms with Crippen LogP contribution in [0, 0.1) is 0 Å². The second-order valence-electron chi connectivity index (χ2n) is 2.65. The molecule has 0 saturated heterocycles. The summed E-state index contributed by atoms with van der Waals surface area (Å²) in [4.78, 5) is 11.9. The summed E-state index contributed by atoms with van der Waals surface area (Å²) in [6.45, 7) is 0. The first kappa shape index (κ1) is 8.55. The first-order valence-electron chi connectivity index (χ1n) is 4.20. The normalized spacial score (nSPS) is 19.3. The van der Waals surface area contributed by atoms with Crippen molar-refractivity contribution in [2.45, 2.75) is 6.17 Å². The third kappa shape index (κ3) is 2.22. The van der Waals surface area contributed by atoms with E-state index in [1.165, 1.54) is 6.34 Å². The Kier molecular flexibility index (Phi) is 2.61. The summed E-state index contributed by atoms with van der Waals surface area (Å²) in [6.07, 6.45) is 6.39. The Morgan fingerprint density at radius 3 is 3.14 bits per heavy atom. The number of aromatic nitrogens is 1. The van der Waals surface area contributed by atoms with Crippen LogP contribution in [0.5, 0.6) is 0 Å². The van der Waals surface area contributed by atoms with E-state index in [0.29, 0.717) is 0 Å². The molecule has 14 heavy (non-hydrogen) atoms. The Bertz CT molecular complexity index is 356. The third-order valence-corrected chi connectivity index (χ3v) is 1.61. The van der Waals surface area contributed by atoms with Crippen molar-refractivity contribution in [3.8, 4) is 0 Å². The summed E-state index contributed by atoms with van der Waals surface area (Å²) in [6, 6.07) is 5.64. The Hall–Kier alpha value is -2.04. The molecule has 1 aliphatic heterocycles. The fourth-order valence-electron chi connectivity index (χ4n) is 0.968. The van der Waals surface area contributed by atoms with Gasteiger partial charge in [-0.15, -0.1) is 0 Å². The highest BCUT2D eigenvalue weighted by Crippen LogP contribution is 1.90. The second kappa shape index (κ2) is 4.27. The maximum Gasteiger partial charge on any atom is 0.171 e. The molecular weight excluding hydrogens is 178 g/mol. The zero-order chi connectivity index (χ0) is 9.64. The van der Waals surface area contributed by atoms with Gasteiger partial charge in [0.05, 0.1) is 18.1 Å². The van der Waals surface area contributed by atoms with Gasteiger partial charge in [0.1, 0.15) is 6.34 Å². The molecule has 1 aromatic rings. The Morgan fingerprint density at radius 1 is 1.43 bits per heavy atom. The van der Waals surface area contributed by atoms with Crippen LogP contribution >= 0.6 is 0 Å². The molecule has 0 saturated carbocycles. The smallest absolute Gasteiger partial charge is 0.171 e. The number of hydrogen-bond acceptors (Lipinski definition) is 5. The van der Waals surface area contributed by atoms with E-state index in [1.54, 1.807) is 18.6 Å². The van der Waals surface area contributed by atoms with Crippen LogP contribution in [0.4, 0.5) is 0 Å². The zero-order valence-electron chi connectivity index (χ0n) is 7.41. The van der Waals surface area contributed by atoms with E-state index in [1.807, 2.05) is 18.2 Å². The Labute approximate surface area is 81.3 Å². The van der Waals surface area contributed by atoms with Crippen LogP contribution in [0.1, 0.15) is 5.69 Å². The van der Waals surface area contributed by atoms with Gasteiger partial charge in [-0.25, -0.2) is 9.98 Å². The summed E-state index contributed by atoms with van der Waals surface area (Å²) in [5.74, 6) is 0. The maximum absolute atomic E-state index is 4.08. The Balaban J connectivity index is 1.89. The van der Waals surface area contributed by atoms with Crippen LogP contribution in [0.15, 0.2) is 39.5 Å². The van der Waals surface area contributed by atoms with E-state index in [0.717, 1.165) is 5.69 Å². The molecule has 5 heteroatoms. The summed E-state index contributed by atoms with van der Waals surface area (Å²) < 4.78 is 0. The first-order valence-corrected chi connectivity index (χ1v) is 4.20. The number of hydrogen-bond donors (Lipinski definition) is 1. The molecule has 70 valence electrons. The molecule has 2 rings (SSSR count). The number of rotatable bonds is 3. The molecule has 0 fully saturated rings. The topological polar surface area (TPSA) is 62.0 Å². The van der Waals surface area contributed by atoms with Crippen molar-refractivity contribution in [1.82, 2.24) is 10.4 Å². The van der Waals surface area contributed by atoms with Crippen molar-refractivity contribution in [3.63, 3.8) is 0 Å². The van der Waals surface area contributed by atoms with E-state index in [-0.39, 0.29) is 6.17 Å². The number of aliphatic imine (C=N–C) groups is 2. The number of hydrazone groups is 1. The SMILES string of the molecule is C1=NC=N[C@@H]1N/N=C\c1ccccn1. The lowest BCUT2D eigenvalue weighted by molar-refractivity contribution is 0.699. The van der Waals surface area contributed by atoms with Crippen molar-refractivity contribution >= 4 is 18.8 Å². The maximum atomic E-state index is 4.08. The van der Waals surface area contributed by atoms with E-state index in [9.17, 15) is 0 Å². The van der Waals surface area contributed by atoms with Crippen molar-refractivity contribution in [2.24, 2.45) is 15.1 Å². The number of nitrogens with zero attached hydrogens (tertiary/aromatic N) is 4. The van der Waals surface area contributed by atoms with Crippen LogP contribution in [-0.2, 0) is 0 Å². The molecule has 0 aliphatic carbocycles. The van der Waals surface area contributed by atoms with Gasteiger partial charge in [0.25, 0.3) is 0 Å². The molecule has 0 radical (unpaired) electrons. The van der Waals surface area contributed by atoms with Gasteiger partial charge < -0.3 is 0 Å². The minimum Gasteiger partial charge on any atom is -0.281 e. The van der Waals surface area contributed by atoms with Gasteiger partial charge in [-0.2, -0.15) is 5.10 Å². The van der Waals surface area contributed by atoms with E-state index < -0.39 is 0 Å². The zero-order valence-corrected chi connectivity index (χ0v) is 7.41. The lowest BCUT2D eigenvalue weighted by atomic mass is 10.4. The molecule has 0 aromatic carbocycles. The number of pyridine rings is 1. The lowest BCUT2D eigenvalue weighted by Gasteiger charge is -2.00. The Morgan fingerprint density at radius 2 is 2.43 bits per heavy atom. The van der Waals surface area contributed by atoms with Gasteiger partial charge in [0, 0.05) is 6.20 Å². The van der Waals surface area contributed by atoms with Gasteiger partial charge in [-0.05, 0) is 12.1 Å². The molecule has 0 bridgehead atoms. The largest absolute Gasteiger partial charge is 0.281 e. The third-order valence-electron chi connectivity index (χ3n) is 1.61. The monoisotopic (exact) mass is 187 g/mol. The summed E-state index contributed by atoms with van der Waals surface area (Å²) in [5.41, 5.74) is 3.62. The molecule has 1 atom stereocenters. The highest BCUT2D eigenvalue weighted by molar-refractivity contribution is 5.82. The van der Waals surface area contributed by atoms with Crippen molar-refractivity contribution in [3.05, 3.63) is 30.1 Å². The van der Waals surface area contributed by atoms with Crippen LogP contribution in [0.2, 0.25) is 0 Å². The van der Waals surface area contributed by atoms with Crippen LogP contribution in [0.25, 0.3) is 0 Å². The van der Waals surface area contributed by atoms with Gasteiger partial charge in [0.2, 0.25) is 0 Å². The van der Waals surface area contributed by atoms with E-state index in [2.05, 4.69) is 25.5 Å². The molecular formula is C9H9N5. The number of nitrogens with one attached hydrogen (secondary N) is 1. The average Bonchev–Trinajstić information content (AvgIpc) is 2.72. The highest BCUT2D eigenvalue weighted by atomic mass is 15.4. The predicted octanol–water partition coefficient (Wildman–Crippen LogP) is 0.444. The molecule has 0 amide bonds. The molecule has 0 unspecified atom stereocenters. The first-order chi connectivity index (χ1) is 6.95. The quantitative estimate of drug-likeness (QED) is 0.551. The summed E-state index contributed by atoms with van der Waals surface area (Å²) in [5, 5.41) is 3.98. The van der Waals surface area contributed by atoms with Crippen LogP contribution in [0.3, 0.4) is 0 Å². The molecule has 1 N–H and O–H groups in total. The van der Waals surface area contributed by atoms with Gasteiger partial charge in [-0.1, -0.05) is 6.07 Å². The molecule has 2 heterocycles. The van der Waals surface area contributed by atoms with E-state index in [4.69, 9.17) is 0 Å². The molecule has 5 nitrogen and oxygen atoms in total.